The second-order valence-corrected chi connectivity index (χ2v) is 7.88. The molecule has 0 aliphatic heterocycles. The van der Waals surface area contributed by atoms with E-state index in [-0.39, 0.29) is 12.6 Å². The van der Waals surface area contributed by atoms with Crippen LogP contribution in [0, 0.1) is 29.1 Å². The molecule has 0 spiro atoms. The SMILES string of the molecule is CCCCCCCCCC(CCCNc1c(F)c(F)c(F)c(F)c1F)OC(OCC)OCC. The molecular weight excluding hydrogens is 445 g/mol. The molecule has 9 heteroatoms. The maximum absolute atomic E-state index is 13.8. The molecule has 0 aliphatic carbocycles. The van der Waals surface area contributed by atoms with Gasteiger partial charge in [-0.05, 0) is 33.1 Å². The Morgan fingerprint density at radius 3 is 1.67 bits per heavy atom. The quantitative estimate of drug-likeness (QED) is 0.0729. The smallest absolute Gasteiger partial charge is 0.271 e. The molecule has 0 saturated carbocycles. The van der Waals surface area contributed by atoms with E-state index in [9.17, 15) is 22.0 Å². The predicted octanol–water partition coefficient (Wildman–Crippen LogP) is 7.46. The summed E-state index contributed by atoms with van der Waals surface area (Å²) in [5.41, 5.74) is -1.02. The fourth-order valence-corrected chi connectivity index (χ4v) is 3.47. The third-order valence-corrected chi connectivity index (χ3v) is 5.25. The molecule has 0 bridgehead atoms. The third-order valence-electron chi connectivity index (χ3n) is 5.25. The van der Waals surface area contributed by atoms with Crippen molar-refractivity contribution in [3.8, 4) is 0 Å². The van der Waals surface area contributed by atoms with E-state index in [0.717, 1.165) is 25.7 Å². The molecule has 0 aromatic heterocycles. The van der Waals surface area contributed by atoms with E-state index in [0.29, 0.717) is 26.1 Å². The number of anilines is 1. The number of halogens is 5. The highest BCUT2D eigenvalue weighted by atomic mass is 19.2. The number of unbranched alkanes of at least 4 members (excludes halogenated alkanes) is 6. The second-order valence-electron chi connectivity index (χ2n) is 7.88. The van der Waals surface area contributed by atoms with E-state index in [1.54, 1.807) is 0 Å². The summed E-state index contributed by atoms with van der Waals surface area (Å²) in [7, 11) is 0. The van der Waals surface area contributed by atoms with Crippen LogP contribution >= 0.6 is 0 Å². The number of rotatable bonds is 19. The van der Waals surface area contributed by atoms with Crippen LogP contribution in [0.25, 0.3) is 0 Å². The summed E-state index contributed by atoms with van der Waals surface area (Å²) >= 11 is 0. The zero-order valence-electron chi connectivity index (χ0n) is 20.0. The van der Waals surface area contributed by atoms with Crippen molar-refractivity contribution < 1.29 is 36.2 Å². The minimum absolute atomic E-state index is 0.0170. The number of hydrogen-bond acceptors (Lipinski definition) is 4. The lowest BCUT2D eigenvalue weighted by molar-refractivity contribution is -0.302. The number of hydrogen-bond donors (Lipinski definition) is 1. The maximum atomic E-state index is 13.8. The Bertz CT molecular complexity index is 643. The molecule has 1 aromatic carbocycles. The Morgan fingerprint density at radius 2 is 1.12 bits per heavy atom. The van der Waals surface area contributed by atoms with Crippen molar-refractivity contribution in [2.45, 2.75) is 97.6 Å². The largest absolute Gasteiger partial charge is 0.380 e. The Balaban J connectivity index is 2.60. The fourth-order valence-electron chi connectivity index (χ4n) is 3.47. The molecule has 192 valence electrons. The van der Waals surface area contributed by atoms with Crippen LogP contribution < -0.4 is 5.32 Å². The Hall–Kier alpha value is -1.45. The summed E-state index contributed by atoms with van der Waals surface area (Å²) in [4.78, 5) is 0. The first-order valence-corrected chi connectivity index (χ1v) is 12.0. The molecule has 33 heavy (non-hydrogen) atoms. The minimum atomic E-state index is -2.17. The Labute approximate surface area is 194 Å². The van der Waals surface area contributed by atoms with Crippen molar-refractivity contribution in [3.63, 3.8) is 0 Å². The molecule has 4 nitrogen and oxygen atoms in total. The monoisotopic (exact) mass is 483 g/mol. The van der Waals surface area contributed by atoms with E-state index < -0.39 is 41.2 Å². The van der Waals surface area contributed by atoms with Crippen LogP contribution in [0.1, 0.15) is 85.0 Å². The molecule has 1 atom stereocenters. The zero-order chi connectivity index (χ0) is 24.6. The molecule has 0 heterocycles. The van der Waals surface area contributed by atoms with E-state index >= 15 is 0 Å². The summed E-state index contributed by atoms with van der Waals surface area (Å²) in [5, 5.41) is 2.33. The maximum Gasteiger partial charge on any atom is 0.271 e. The third kappa shape index (κ3) is 10.6. The van der Waals surface area contributed by atoms with Gasteiger partial charge in [-0.3, -0.25) is 0 Å². The van der Waals surface area contributed by atoms with Gasteiger partial charge in [-0.15, -0.1) is 0 Å². The van der Waals surface area contributed by atoms with Gasteiger partial charge in [0.25, 0.3) is 6.48 Å². The van der Waals surface area contributed by atoms with Gasteiger partial charge in [0.1, 0.15) is 5.69 Å². The molecule has 0 fully saturated rings. The number of ether oxygens (including phenoxy) is 3. The van der Waals surface area contributed by atoms with Gasteiger partial charge in [0.2, 0.25) is 5.82 Å². The Kier molecular flexibility index (Phi) is 15.3. The lowest BCUT2D eigenvalue weighted by Crippen LogP contribution is -2.28. The first kappa shape index (κ1) is 29.6. The molecule has 0 radical (unpaired) electrons. The molecule has 1 rings (SSSR count). The summed E-state index contributed by atoms with van der Waals surface area (Å²) < 4.78 is 84.3. The average Bonchev–Trinajstić information content (AvgIpc) is 2.80. The topological polar surface area (TPSA) is 39.7 Å². The van der Waals surface area contributed by atoms with Gasteiger partial charge >= 0.3 is 0 Å². The second kappa shape index (κ2) is 17.1. The summed E-state index contributed by atoms with van der Waals surface area (Å²) in [6, 6.07) is 0. The van der Waals surface area contributed by atoms with Gasteiger partial charge in [0, 0.05) is 19.8 Å². The normalized spacial score (nSPS) is 12.5. The van der Waals surface area contributed by atoms with Crippen molar-refractivity contribution in [2.75, 3.05) is 25.1 Å². The fraction of sp³-hybridized carbons (Fsp3) is 0.750. The average molecular weight is 484 g/mol. The number of benzene rings is 1. The van der Waals surface area contributed by atoms with Crippen LogP contribution in [0.5, 0.6) is 0 Å². The lowest BCUT2D eigenvalue weighted by atomic mass is 10.0. The van der Waals surface area contributed by atoms with E-state index in [4.69, 9.17) is 14.2 Å². The van der Waals surface area contributed by atoms with Crippen molar-refractivity contribution >= 4 is 5.69 Å². The highest BCUT2D eigenvalue weighted by Crippen LogP contribution is 2.27. The van der Waals surface area contributed by atoms with Crippen molar-refractivity contribution in [1.29, 1.82) is 0 Å². The van der Waals surface area contributed by atoms with Gasteiger partial charge in [-0.25, -0.2) is 22.0 Å². The van der Waals surface area contributed by atoms with Crippen LogP contribution in [0.3, 0.4) is 0 Å². The van der Waals surface area contributed by atoms with E-state index in [1.165, 1.54) is 25.7 Å². The van der Waals surface area contributed by atoms with Crippen molar-refractivity contribution in [3.05, 3.63) is 29.1 Å². The summed E-state index contributed by atoms with van der Waals surface area (Å²) in [5.74, 6) is -9.83. The van der Waals surface area contributed by atoms with Gasteiger partial charge in [-0.1, -0.05) is 51.9 Å². The van der Waals surface area contributed by atoms with Gasteiger partial charge in [-0.2, -0.15) is 0 Å². The summed E-state index contributed by atoms with van der Waals surface area (Å²) in [6.07, 6.45) is 9.48. The first-order chi connectivity index (χ1) is 15.9. The molecule has 1 unspecified atom stereocenters. The van der Waals surface area contributed by atoms with Crippen molar-refractivity contribution in [1.82, 2.24) is 0 Å². The van der Waals surface area contributed by atoms with Crippen LogP contribution in [-0.4, -0.2) is 32.3 Å². The highest BCUT2D eigenvalue weighted by Gasteiger charge is 2.25. The van der Waals surface area contributed by atoms with Crippen LogP contribution in [0.15, 0.2) is 0 Å². The van der Waals surface area contributed by atoms with Crippen LogP contribution in [0.4, 0.5) is 27.6 Å². The molecule has 1 N–H and O–H groups in total. The zero-order valence-corrected chi connectivity index (χ0v) is 20.0. The van der Waals surface area contributed by atoms with Gasteiger partial charge in [0.15, 0.2) is 23.3 Å². The Morgan fingerprint density at radius 1 is 0.636 bits per heavy atom. The first-order valence-electron chi connectivity index (χ1n) is 12.0. The standard InChI is InChI=1S/C24H38F5NO3/c1-4-7-8-9-10-11-12-14-17(33-24(31-5-2)32-6-3)15-13-16-30-23-21(28)19(26)18(25)20(27)22(23)29/h17,24,30H,4-16H2,1-3H3. The molecule has 0 aliphatic rings. The lowest BCUT2D eigenvalue weighted by Gasteiger charge is -2.24. The number of nitrogens with one attached hydrogen (secondary N) is 1. The van der Waals surface area contributed by atoms with Gasteiger partial charge in [0.05, 0.1) is 6.10 Å². The molecule has 1 aromatic rings. The van der Waals surface area contributed by atoms with Crippen LogP contribution in [0.2, 0.25) is 0 Å². The molecule has 0 amide bonds. The summed E-state index contributed by atoms with van der Waals surface area (Å²) in [6.45, 7) is 5.87. The van der Waals surface area contributed by atoms with E-state index in [2.05, 4.69) is 12.2 Å². The van der Waals surface area contributed by atoms with Gasteiger partial charge < -0.3 is 19.5 Å². The highest BCUT2D eigenvalue weighted by molar-refractivity contribution is 5.47. The van der Waals surface area contributed by atoms with Crippen LogP contribution in [-0.2, 0) is 14.2 Å². The molecule has 0 saturated heterocycles. The van der Waals surface area contributed by atoms with E-state index in [1.807, 2.05) is 13.8 Å². The van der Waals surface area contributed by atoms with Crippen molar-refractivity contribution in [2.24, 2.45) is 0 Å². The molecular formula is C24H38F5NO3. The predicted molar refractivity (Wildman–Crippen MR) is 118 cm³/mol. The minimum Gasteiger partial charge on any atom is -0.380 e.